The molecule has 1 amide bonds. The standard InChI is InChI=1S/C13H25NO5/c1-6-8-18-9-7-10(11(15)16)14(5)12(17)19-13(2,3)4/h10H,6-9H2,1-5H3,(H,15,16)/t10-/m0/s1. The van der Waals surface area contributed by atoms with Crippen LogP contribution in [0.5, 0.6) is 0 Å². The number of carboxylic acids is 1. The fourth-order valence-electron chi connectivity index (χ4n) is 1.39. The molecule has 112 valence electrons. The van der Waals surface area contributed by atoms with E-state index in [9.17, 15) is 9.59 Å². The predicted octanol–water partition coefficient (Wildman–Crippen LogP) is 2.12. The van der Waals surface area contributed by atoms with Crippen LogP contribution in [-0.4, -0.2) is 54.0 Å². The van der Waals surface area contributed by atoms with E-state index >= 15 is 0 Å². The van der Waals surface area contributed by atoms with Gasteiger partial charge in [0.1, 0.15) is 11.6 Å². The average Bonchev–Trinajstić information content (AvgIpc) is 2.25. The van der Waals surface area contributed by atoms with Gasteiger partial charge >= 0.3 is 12.1 Å². The van der Waals surface area contributed by atoms with Crippen LogP contribution >= 0.6 is 0 Å². The largest absolute Gasteiger partial charge is 0.480 e. The van der Waals surface area contributed by atoms with Gasteiger partial charge in [-0.25, -0.2) is 9.59 Å². The summed E-state index contributed by atoms with van der Waals surface area (Å²) < 4.78 is 10.4. The van der Waals surface area contributed by atoms with Crippen molar-refractivity contribution < 1.29 is 24.2 Å². The van der Waals surface area contributed by atoms with Gasteiger partial charge in [-0.3, -0.25) is 4.90 Å². The molecule has 0 aliphatic heterocycles. The second-order valence-corrected chi connectivity index (χ2v) is 5.35. The summed E-state index contributed by atoms with van der Waals surface area (Å²) in [5.41, 5.74) is -0.646. The number of likely N-dealkylation sites (N-methyl/N-ethyl adjacent to an activating group) is 1. The molecule has 6 heteroatoms. The number of ether oxygens (including phenoxy) is 2. The summed E-state index contributed by atoms with van der Waals surface area (Å²) in [6.07, 6.45) is 0.473. The Morgan fingerprint density at radius 1 is 1.26 bits per heavy atom. The van der Waals surface area contributed by atoms with E-state index in [2.05, 4.69) is 0 Å². The highest BCUT2D eigenvalue weighted by Gasteiger charge is 2.29. The van der Waals surface area contributed by atoms with E-state index in [-0.39, 0.29) is 6.42 Å². The molecule has 0 bridgehead atoms. The third-order valence-corrected chi connectivity index (χ3v) is 2.32. The molecular formula is C13H25NO5. The van der Waals surface area contributed by atoms with Crippen molar-refractivity contribution >= 4 is 12.1 Å². The maximum atomic E-state index is 11.8. The van der Waals surface area contributed by atoms with Crippen LogP contribution in [0.25, 0.3) is 0 Å². The molecule has 0 aliphatic carbocycles. The van der Waals surface area contributed by atoms with Crippen molar-refractivity contribution in [2.75, 3.05) is 20.3 Å². The molecule has 0 radical (unpaired) electrons. The van der Waals surface area contributed by atoms with Crippen molar-refractivity contribution in [2.45, 2.75) is 52.2 Å². The van der Waals surface area contributed by atoms with Gasteiger partial charge in [0.15, 0.2) is 0 Å². The van der Waals surface area contributed by atoms with Crippen molar-refractivity contribution in [2.24, 2.45) is 0 Å². The van der Waals surface area contributed by atoms with Crippen LogP contribution in [0.1, 0.15) is 40.5 Å². The van der Waals surface area contributed by atoms with E-state index in [1.807, 2.05) is 6.92 Å². The normalized spacial score (nSPS) is 12.9. The topological polar surface area (TPSA) is 76.1 Å². The minimum Gasteiger partial charge on any atom is -0.480 e. The van der Waals surface area contributed by atoms with Crippen LogP contribution in [-0.2, 0) is 14.3 Å². The number of aliphatic carboxylic acids is 1. The lowest BCUT2D eigenvalue weighted by molar-refractivity contribution is -0.143. The highest BCUT2D eigenvalue weighted by molar-refractivity contribution is 5.79. The zero-order chi connectivity index (χ0) is 15.1. The molecule has 1 atom stereocenters. The summed E-state index contributed by atoms with van der Waals surface area (Å²) in [5.74, 6) is -1.06. The van der Waals surface area contributed by atoms with Crippen molar-refractivity contribution in [3.63, 3.8) is 0 Å². The first-order valence-corrected chi connectivity index (χ1v) is 6.45. The van der Waals surface area contributed by atoms with Gasteiger partial charge in [0.25, 0.3) is 0 Å². The fraction of sp³-hybridized carbons (Fsp3) is 0.846. The highest BCUT2D eigenvalue weighted by atomic mass is 16.6. The molecule has 0 aromatic heterocycles. The first kappa shape index (κ1) is 17.7. The van der Waals surface area contributed by atoms with Gasteiger partial charge in [-0.2, -0.15) is 0 Å². The van der Waals surface area contributed by atoms with Crippen molar-refractivity contribution in [3.05, 3.63) is 0 Å². The molecule has 6 nitrogen and oxygen atoms in total. The molecule has 0 saturated carbocycles. The Balaban J connectivity index is 4.44. The maximum absolute atomic E-state index is 11.8. The Morgan fingerprint density at radius 2 is 1.84 bits per heavy atom. The third-order valence-electron chi connectivity index (χ3n) is 2.32. The minimum absolute atomic E-state index is 0.241. The van der Waals surface area contributed by atoms with Gasteiger partial charge in [0, 0.05) is 26.7 Å². The van der Waals surface area contributed by atoms with E-state index < -0.39 is 23.7 Å². The van der Waals surface area contributed by atoms with Crippen molar-refractivity contribution in [1.82, 2.24) is 4.90 Å². The summed E-state index contributed by atoms with van der Waals surface area (Å²) in [6, 6.07) is -0.938. The monoisotopic (exact) mass is 275 g/mol. The van der Waals surface area contributed by atoms with Crippen LogP contribution in [0.2, 0.25) is 0 Å². The van der Waals surface area contributed by atoms with Crippen LogP contribution in [0.3, 0.4) is 0 Å². The zero-order valence-corrected chi connectivity index (χ0v) is 12.4. The van der Waals surface area contributed by atoms with Crippen LogP contribution in [0.4, 0.5) is 4.79 Å². The molecule has 1 N–H and O–H groups in total. The number of rotatable bonds is 7. The first-order valence-electron chi connectivity index (χ1n) is 6.45. The van der Waals surface area contributed by atoms with E-state index in [1.165, 1.54) is 7.05 Å². The second kappa shape index (κ2) is 7.99. The number of amides is 1. The number of carbonyl (C=O) groups is 2. The Hall–Kier alpha value is -1.30. The highest BCUT2D eigenvalue weighted by Crippen LogP contribution is 2.12. The molecule has 0 spiro atoms. The SMILES string of the molecule is CCCOCC[C@@H](C(=O)O)N(C)C(=O)OC(C)(C)C. The Bertz CT molecular complexity index is 298. The molecule has 0 fully saturated rings. The van der Waals surface area contributed by atoms with Gasteiger partial charge < -0.3 is 14.6 Å². The molecule has 0 heterocycles. The molecule has 0 aromatic carbocycles. The minimum atomic E-state index is -1.06. The summed E-state index contributed by atoms with van der Waals surface area (Å²) in [6.45, 7) is 8.07. The Labute approximate surface area is 114 Å². The van der Waals surface area contributed by atoms with Crippen molar-refractivity contribution in [1.29, 1.82) is 0 Å². The van der Waals surface area contributed by atoms with Crippen LogP contribution < -0.4 is 0 Å². The average molecular weight is 275 g/mol. The number of nitrogens with zero attached hydrogens (tertiary/aromatic N) is 1. The second-order valence-electron chi connectivity index (χ2n) is 5.35. The van der Waals surface area contributed by atoms with Gasteiger partial charge in [0.05, 0.1) is 0 Å². The quantitative estimate of drug-likeness (QED) is 0.720. The van der Waals surface area contributed by atoms with Crippen LogP contribution in [0, 0.1) is 0 Å². The lowest BCUT2D eigenvalue weighted by atomic mass is 10.2. The molecule has 0 aliphatic rings. The molecule has 0 rings (SSSR count). The van der Waals surface area contributed by atoms with Crippen LogP contribution in [0.15, 0.2) is 0 Å². The van der Waals surface area contributed by atoms with Gasteiger partial charge in [-0.1, -0.05) is 6.92 Å². The molecule has 0 unspecified atom stereocenters. The Kier molecular flexibility index (Phi) is 7.44. The maximum Gasteiger partial charge on any atom is 0.410 e. The molecule has 0 saturated heterocycles. The smallest absolute Gasteiger partial charge is 0.410 e. The summed E-state index contributed by atoms with van der Waals surface area (Å²) >= 11 is 0. The third kappa shape index (κ3) is 7.66. The van der Waals surface area contributed by atoms with E-state index in [0.717, 1.165) is 11.3 Å². The Morgan fingerprint density at radius 3 is 2.26 bits per heavy atom. The number of carbonyl (C=O) groups excluding carboxylic acids is 1. The predicted molar refractivity (Wildman–Crippen MR) is 71.1 cm³/mol. The molecule has 19 heavy (non-hydrogen) atoms. The van der Waals surface area contributed by atoms with Gasteiger partial charge in [-0.15, -0.1) is 0 Å². The summed E-state index contributed by atoms with van der Waals surface area (Å²) in [7, 11) is 1.42. The van der Waals surface area contributed by atoms with Gasteiger partial charge in [0.2, 0.25) is 0 Å². The van der Waals surface area contributed by atoms with E-state index in [4.69, 9.17) is 14.6 Å². The fourth-order valence-corrected chi connectivity index (χ4v) is 1.39. The summed E-state index contributed by atoms with van der Waals surface area (Å²) in [5, 5.41) is 9.14. The number of hydrogen-bond acceptors (Lipinski definition) is 4. The lowest BCUT2D eigenvalue weighted by Gasteiger charge is -2.28. The summed E-state index contributed by atoms with van der Waals surface area (Å²) in [4.78, 5) is 24.1. The first-order chi connectivity index (χ1) is 8.69. The zero-order valence-electron chi connectivity index (χ0n) is 12.4. The number of carboxylic acid groups (broad SMARTS) is 1. The van der Waals surface area contributed by atoms with E-state index in [0.29, 0.717) is 13.2 Å². The lowest BCUT2D eigenvalue weighted by Crippen LogP contribution is -2.45. The van der Waals surface area contributed by atoms with Gasteiger partial charge in [-0.05, 0) is 27.2 Å². The van der Waals surface area contributed by atoms with E-state index in [1.54, 1.807) is 20.8 Å². The molecular weight excluding hydrogens is 250 g/mol. The molecule has 0 aromatic rings. The van der Waals surface area contributed by atoms with Crippen molar-refractivity contribution in [3.8, 4) is 0 Å². The number of hydrogen-bond donors (Lipinski definition) is 1.